The van der Waals surface area contributed by atoms with Gasteiger partial charge in [0.25, 0.3) is 0 Å². The van der Waals surface area contributed by atoms with E-state index in [4.69, 9.17) is 9.47 Å². The van der Waals surface area contributed by atoms with Gasteiger partial charge in [0.05, 0.1) is 5.57 Å². The Morgan fingerprint density at radius 2 is 1.80 bits per heavy atom. The Bertz CT molecular complexity index is 991. The molecular weight excluding hydrogens is 380 g/mol. The van der Waals surface area contributed by atoms with E-state index < -0.39 is 17.7 Å². The van der Waals surface area contributed by atoms with Crippen molar-refractivity contribution in [2.75, 3.05) is 0 Å². The summed E-state index contributed by atoms with van der Waals surface area (Å²) >= 11 is 0. The van der Waals surface area contributed by atoms with E-state index >= 15 is 0 Å². The quantitative estimate of drug-likeness (QED) is 0.384. The molecule has 2 aliphatic rings. The molecule has 0 radical (unpaired) electrons. The van der Waals surface area contributed by atoms with Gasteiger partial charge in [0.1, 0.15) is 11.7 Å². The molecule has 0 aromatic heterocycles. The fraction of sp³-hybridized carbons (Fsp3) is 0.400. The van der Waals surface area contributed by atoms with Gasteiger partial charge in [-0.3, -0.25) is 9.59 Å². The number of rotatable bonds is 5. The second-order valence-corrected chi connectivity index (χ2v) is 8.38. The molecule has 0 saturated carbocycles. The lowest BCUT2D eigenvalue weighted by Crippen LogP contribution is -2.48. The van der Waals surface area contributed by atoms with E-state index in [-0.39, 0.29) is 29.3 Å². The van der Waals surface area contributed by atoms with Crippen LogP contribution in [0.4, 0.5) is 0 Å². The van der Waals surface area contributed by atoms with Crippen LogP contribution in [0.5, 0.6) is 0 Å². The molecule has 1 aliphatic heterocycles. The number of carbonyl (C=O) groups is 3. The predicted molar refractivity (Wildman–Crippen MR) is 114 cm³/mol. The molecule has 0 spiro atoms. The molecule has 5 heteroatoms. The molecular formula is C25H28O5. The number of ketones is 2. The zero-order valence-corrected chi connectivity index (χ0v) is 18.2. The first-order chi connectivity index (χ1) is 14.2. The molecule has 0 saturated heterocycles. The Morgan fingerprint density at radius 3 is 2.43 bits per heavy atom. The van der Waals surface area contributed by atoms with Crippen molar-refractivity contribution in [3.05, 3.63) is 70.0 Å². The highest BCUT2D eigenvalue weighted by Crippen LogP contribution is 2.40. The molecule has 0 bridgehead atoms. The van der Waals surface area contributed by atoms with E-state index in [0.717, 1.165) is 12.8 Å². The lowest BCUT2D eigenvalue weighted by atomic mass is 9.81. The highest BCUT2D eigenvalue weighted by Gasteiger charge is 2.47. The van der Waals surface area contributed by atoms with Crippen molar-refractivity contribution in [1.29, 1.82) is 0 Å². The average Bonchev–Trinajstić information content (AvgIpc) is 2.72. The van der Waals surface area contributed by atoms with Crippen molar-refractivity contribution in [2.45, 2.75) is 65.6 Å². The second kappa shape index (κ2) is 8.42. The maximum atomic E-state index is 13.0. The number of ether oxygens (including phenoxy) is 2. The first-order valence-corrected chi connectivity index (χ1v) is 10.3. The molecule has 1 aromatic rings. The predicted octanol–water partition coefficient (Wildman–Crippen LogP) is 5.12. The molecule has 3 rings (SSSR count). The fourth-order valence-electron chi connectivity index (χ4n) is 3.61. The number of carbonyl (C=O) groups excluding carboxylic acids is 3. The van der Waals surface area contributed by atoms with Crippen LogP contribution in [0.2, 0.25) is 0 Å². The zero-order chi connectivity index (χ0) is 22.1. The van der Waals surface area contributed by atoms with Crippen molar-refractivity contribution in [3.63, 3.8) is 0 Å². The standard InChI is InChI=1S/C25H28O5/c1-6-15(2)10-9-11-16(3)24(28)29-20-14-19-21(26)17-12-7-8-13-18(17)22(27)23(19)30-25(20,4)5/h6-8,11-13,20H,9-10,14H2,1-5H3/t20-/m0/s1. The Balaban J connectivity index is 1.79. The van der Waals surface area contributed by atoms with Gasteiger partial charge in [0.2, 0.25) is 5.78 Å². The van der Waals surface area contributed by atoms with Crippen molar-refractivity contribution in [1.82, 2.24) is 0 Å². The largest absolute Gasteiger partial charge is 0.479 e. The van der Waals surface area contributed by atoms with E-state index in [1.807, 2.05) is 13.0 Å². The van der Waals surface area contributed by atoms with Gasteiger partial charge in [0.15, 0.2) is 11.5 Å². The van der Waals surface area contributed by atoms with Gasteiger partial charge in [-0.1, -0.05) is 42.0 Å². The highest BCUT2D eigenvalue weighted by molar-refractivity contribution is 6.26. The van der Waals surface area contributed by atoms with Crippen LogP contribution in [0.25, 0.3) is 0 Å². The van der Waals surface area contributed by atoms with Crippen LogP contribution >= 0.6 is 0 Å². The molecule has 30 heavy (non-hydrogen) atoms. The molecule has 1 heterocycles. The molecule has 0 fully saturated rings. The number of esters is 1. The van der Waals surface area contributed by atoms with E-state index in [9.17, 15) is 14.4 Å². The van der Waals surface area contributed by atoms with E-state index in [1.54, 1.807) is 45.0 Å². The van der Waals surface area contributed by atoms with Gasteiger partial charge in [-0.25, -0.2) is 4.79 Å². The maximum absolute atomic E-state index is 13.0. The number of fused-ring (bicyclic) bond motifs is 1. The lowest BCUT2D eigenvalue weighted by molar-refractivity contribution is -0.161. The summed E-state index contributed by atoms with van der Waals surface area (Å²) in [6, 6.07) is 6.72. The van der Waals surface area contributed by atoms with Crippen LogP contribution in [0, 0.1) is 0 Å². The summed E-state index contributed by atoms with van der Waals surface area (Å²) < 4.78 is 11.7. The Morgan fingerprint density at radius 1 is 1.17 bits per heavy atom. The first-order valence-electron chi connectivity index (χ1n) is 10.3. The summed E-state index contributed by atoms with van der Waals surface area (Å²) in [5, 5.41) is 0. The Hall–Kier alpha value is -2.95. The molecule has 0 N–H and O–H groups in total. The van der Waals surface area contributed by atoms with E-state index in [2.05, 4.69) is 13.0 Å². The fourth-order valence-corrected chi connectivity index (χ4v) is 3.61. The van der Waals surface area contributed by atoms with E-state index in [1.165, 1.54) is 5.57 Å². The van der Waals surface area contributed by atoms with Gasteiger partial charge in [-0.05, 0) is 47.5 Å². The monoisotopic (exact) mass is 408 g/mol. The number of allylic oxidation sites excluding steroid dienone is 4. The van der Waals surface area contributed by atoms with Crippen LogP contribution in [-0.2, 0) is 14.3 Å². The van der Waals surface area contributed by atoms with Crippen LogP contribution < -0.4 is 0 Å². The van der Waals surface area contributed by atoms with Gasteiger partial charge in [-0.2, -0.15) is 0 Å². The number of Topliss-reactive ketones (excluding diaryl/α,β-unsaturated/α-hetero) is 2. The van der Waals surface area contributed by atoms with Crippen molar-refractivity contribution in [3.8, 4) is 0 Å². The normalized spacial score (nSPS) is 21.0. The minimum atomic E-state index is -0.932. The summed E-state index contributed by atoms with van der Waals surface area (Å²) in [5.74, 6) is -0.904. The van der Waals surface area contributed by atoms with Crippen molar-refractivity contribution in [2.24, 2.45) is 0 Å². The third-order valence-electron chi connectivity index (χ3n) is 5.75. The summed E-state index contributed by atoms with van der Waals surface area (Å²) in [7, 11) is 0. The topological polar surface area (TPSA) is 69.7 Å². The summed E-state index contributed by atoms with van der Waals surface area (Å²) in [5.41, 5.74) is 1.84. The Labute approximate surface area is 177 Å². The molecule has 0 amide bonds. The molecule has 158 valence electrons. The minimum absolute atomic E-state index is 0.0742. The molecule has 1 atom stereocenters. The number of benzene rings is 1. The number of hydrogen-bond donors (Lipinski definition) is 0. The molecule has 1 aromatic carbocycles. The van der Waals surface area contributed by atoms with Crippen molar-refractivity contribution >= 4 is 17.5 Å². The Kier molecular flexibility index (Phi) is 6.11. The van der Waals surface area contributed by atoms with Crippen LogP contribution in [-0.4, -0.2) is 29.2 Å². The van der Waals surface area contributed by atoms with Crippen LogP contribution in [0.1, 0.15) is 74.6 Å². The third kappa shape index (κ3) is 4.16. The smallest absolute Gasteiger partial charge is 0.333 e. The number of hydrogen-bond acceptors (Lipinski definition) is 5. The van der Waals surface area contributed by atoms with Crippen molar-refractivity contribution < 1.29 is 23.9 Å². The van der Waals surface area contributed by atoms with Gasteiger partial charge >= 0.3 is 5.97 Å². The van der Waals surface area contributed by atoms with Gasteiger partial charge < -0.3 is 9.47 Å². The van der Waals surface area contributed by atoms with Crippen LogP contribution in [0.3, 0.4) is 0 Å². The zero-order valence-electron chi connectivity index (χ0n) is 18.2. The van der Waals surface area contributed by atoms with Crippen LogP contribution in [0.15, 0.2) is 58.9 Å². The maximum Gasteiger partial charge on any atom is 0.333 e. The highest BCUT2D eigenvalue weighted by atomic mass is 16.6. The summed E-state index contributed by atoms with van der Waals surface area (Å²) in [6.07, 6.45) is 5.02. The first kappa shape index (κ1) is 21.8. The SMILES string of the molecule is CC=C(C)CCC=C(C)C(=O)O[C@H]1CC2=C(OC1(C)C)C(=O)c1ccccc1C2=O. The second-order valence-electron chi connectivity index (χ2n) is 8.38. The molecule has 0 unspecified atom stereocenters. The lowest BCUT2D eigenvalue weighted by Gasteiger charge is -2.40. The minimum Gasteiger partial charge on any atom is -0.479 e. The van der Waals surface area contributed by atoms with Gasteiger partial charge in [-0.15, -0.1) is 0 Å². The summed E-state index contributed by atoms with van der Waals surface area (Å²) in [4.78, 5) is 38.4. The van der Waals surface area contributed by atoms with Gasteiger partial charge in [0, 0.05) is 23.1 Å². The third-order valence-corrected chi connectivity index (χ3v) is 5.75. The summed E-state index contributed by atoms with van der Waals surface area (Å²) in [6.45, 7) is 9.29. The average molecular weight is 408 g/mol. The molecule has 5 nitrogen and oxygen atoms in total. The van der Waals surface area contributed by atoms with E-state index in [0.29, 0.717) is 16.7 Å². The molecule has 1 aliphatic carbocycles.